The van der Waals surface area contributed by atoms with Gasteiger partial charge in [0.1, 0.15) is 22.7 Å². The number of piperidine rings is 1. The van der Waals surface area contributed by atoms with Crippen molar-refractivity contribution in [3.63, 3.8) is 0 Å². The summed E-state index contributed by atoms with van der Waals surface area (Å²) in [4.78, 5) is 28.0. The molecule has 0 bridgehead atoms. The predicted molar refractivity (Wildman–Crippen MR) is 155 cm³/mol. The number of carbonyl (C=O) groups is 2. The Kier molecular flexibility index (Phi) is 8.26. The molecule has 1 saturated heterocycles. The zero-order valence-electron chi connectivity index (χ0n) is 22.6. The Morgan fingerprint density at radius 1 is 1.05 bits per heavy atom. The Bertz CT molecular complexity index is 1590. The molecule has 1 aliphatic rings. The number of phenolic OH excluding ortho intramolecular Hbond substituents is 1. The maximum absolute atomic E-state index is 13.3. The Labute approximate surface area is 242 Å². The van der Waals surface area contributed by atoms with Crippen molar-refractivity contribution in [1.29, 1.82) is 0 Å². The number of hydrogen-bond donors (Lipinski definition) is 1. The van der Waals surface area contributed by atoms with Crippen molar-refractivity contribution in [3.8, 4) is 5.75 Å². The van der Waals surface area contributed by atoms with Gasteiger partial charge in [-0.1, -0.05) is 53.5 Å². The quantitative estimate of drug-likeness (QED) is 0.226. The van der Waals surface area contributed by atoms with Crippen molar-refractivity contribution in [2.75, 3.05) is 26.3 Å². The standard InChI is InChI=1S/C31H31Cl2NO6/c1-4-38-30(36)18-12-14-34(15-13-18)27(22-11-10-19(32)16-23(22)33)26-25-24(31(37)39-5-2)17(3)40-29(25)21-9-7-6-8-20(21)28(26)35/h6-11,16,18,27,35H,4-5,12-15H2,1-3H3/t27-/m1/s1. The Morgan fingerprint density at radius 3 is 2.38 bits per heavy atom. The van der Waals surface area contributed by atoms with Gasteiger partial charge in [-0.2, -0.15) is 0 Å². The van der Waals surface area contributed by atoms with E-state index in [0.717, 1.165) is 0 Å². The van der Waals surface area contributed by atoms with Crippen molar-refractivity contribution >= 4 is 56.9 Å². The fourth-order valence-electron chi connectivity index (χ4n) is 5.77. The van der Waals surface area contributed by atoms with Gasteiger partial charge in [0.2, 0.25) is 0 Å². The highest BCUT2D eigenvalue weighted by Gasteiger charge is 2.37. The molecule has 1 aliphatic heterocycles. The first-order valence-corrected chi connectivity index (χ1v) is 14.2. The van der Waals surface area contributed by atoms with Crippen molar-refractivity contribution < 1.29 is 28.6 Å². The summed E-state index contributed by atoms with van der Waals surface area (Å²) < 4.78 is 16.9. The van der Waals surface area contributed by atoms with E-state index in [0.29, 0.717) is 81.2 Å². The lowest BCUT2D eigenvalue weighted by molar-refractivity contribution is -0.149. The van der Waals surface area contributed by atoms with Crippen LogP contribution in [0.5, 0.6) is 5.75 Å². The summed E-state index contributed by atoms with van der Waals surface area (Å²) in [6.45, 7) is 6.85. The number of furan rings is 1. The van der Waals surface area contributed by atoms with Crippen LogP contribution in [0.3, 0.4) is 0 Å². The van der Waals surface area contributed by atoms with Gasteiger partial charge in [-0.05, 0) is 64.4 Å². The normalized spacial score (nSPS) is 15.4. The molecule has 2 heterocycles. The molecule has 1 aromatic heterocycles. The minimum atomic E-state index is -0.579. The summed E-state index contributed by atoms with van der Waals surface area (Å²) in [5.74, 6) is -0.523. The van der Waals surface area contributed by atoms with Gasteiger partial charge in [-0.3, -0.25) is 9.69 Å². The molecule has 0 radical (unpaired) electrons. The number of likely N-dealkylation sites (tertiary alicyclic amines) is 1. The van der Waals surface area contributed by atoms with Crippen LogP contribution in [-0.4, -0.2) is 48.2 Å². The highest BCUT2D eigenvalue weighted by Crippen LogP contribution is 2.49. The summed E-state index contributed by atoms with van der Waals surface area (Å²) in [6, 6.07) is 12.1. The van der Waals surface area contributed by atoms with Gasteiger partial charge in [0.05, 0.1) is 25.2 Å². The van der Waals surface area contributed by atoms with Crippen LogP contribution in [0.4, 0.5) is 0 Å². The molecule has 5 rings (SSSR count). The molecule has 4 aromatic rings. The maximum atomic E-state index is 13.3. The molecule has 0 aliphatic carbocycles. The molecule has 1 N–H and O–H groups in total. The SMILES string of the molecule is CCOC(=O)c1c(C)oc2c1c([C@@H](c1ccc(Cl)cc1Cl)N1CCC(C(=O)OCC)CC1)c(O)c1ccccc12. The molecule has 1 fully saturated rings. The van der Waals surface area contributed by atoms with Crippen LogP contribution in [0.25, 0.3) is 21.7 Å². The monoisotopic (exact) mass is 583 g/mol. The fraction of sp³-hybridized carbons (Fsp3) is 0.355. The number of halogens is 2. The predicted octanol–water partition coefficient (Wildman–Crippen LogP) is 7.45. The third kappa shape index (κ3) is 5.02. The molecule has 9 heteroatoms. The van der Waals surface area contributed by atoms with E-state index in [1.165, 1.54) is 0 Å². The smallest absolute Gasteiger partial charge is 0.342 e. The molecule has 7 nitrogen and oxygen atoms in total. The van der Waals surface area contributed by atoms with Crippen molar-refractivity contribution in [1.82, 2.24) is 4.90 Å². The highest BCUT2D eigenvalue weighted by molar-refractivity contribution is 6.35. The van der Waals surface area contributed by atoms with E-state index >= 15 is 0 Å². The second-order valence-electron chi connectivity index (χ2n) is 9.90. The molecule has 0 saturated carbocycles. The van der Waals surface area contributed by atoms with E-state index in [1.807, 2.05) is 30.3 Å². The van der Waals surface area contributed by atoms with Crippen molar-refractivity contribution in [2.45, 2.75) is 39.7 Å². The van der Waals surface area contributed by atoms with Gasteiger partial charge >= 0.3 is 11.9 Å². The second kappa shape index (κ2) is 11.7. The summed E-state index contributed by atoms with van der Waals surface area (Å²) in [5, 5.41) is 14.6. The fourth-order valence-corrected chi connectivity index (χ4v) is 6.28. The molecule has 0 spiro atoms. The number of aryl methyl sites for hydroxylation is 1. The molecule has 1 atom stereocenters. The first-order chi connectivity index (χ1) is 19.3. The van der Waals surface area contributed by atoms with Crippen LogP contribution in [-0.2, 0) is 14.3 Å². The van der Waals surface area contributed by atoms with Crippen molar-refractivity contribution in [3.05, 3.63) is 75.0 Å². The zero-order valence-corrected chi connectivity index (χ0v) is 24.1. The second-order valence-corrected chi connectivity index (χ2v) is 10.7. The first-order valence-electron chi connectivity index (χ1n) is 13.5. The van der Waals surface area contributed by atoms with E-state index in [2.05, 4.69) is 4.90 Å². The van der Waals surface area contributed by atoms with Crippen LogP contribution in [0.2, 0.25) is 10.0 Å². The van der Waals surface area contributed by atoms with Crippen molar-refractivity contribution in [2.24, 2.45) is 5.92 Å². The van der Waals surface area contributed by atoms with E-state index < -0.39 is 12.0 Å². The number of benzene rings is 3. The number of phenols is 1. The summed E-state index contributed by atoms with van der Waals surface area (Å²) in [5.41, 5.74) is 1.96. The first kappa shape index (κ1) is 28.3. The molecule has 40 heavy (non-hydrogen) atoms. The molecular formula is C31H31Cl2NO6. The lowest BCUT2D eigenvalue weighted by Gasteiger charge is -2.38. The number of ether oxygens (including phenoxy) is 2. The number of aromatic hydroxyl groups is 1. The average molecular weight is 584 g/mol. The third-order valence-corrected chi connectivity index (χ3v) is 8.12. The minimum absolute atomic E-state index is 0.0259. The number of esters is 2. The number of hydrogen-bond acceptors (Lipinski definition) is 7. The Morgan fingerprint density at radius 2 is 1.73 bits per heavy atom. The lowest BCUT2D eigenvalue weighted by Crippen LogP contribution is -2.40. The zero-order chi connectivity index (χ0) is 28.6. The van der Waals surface area contributed by atoms with E-state index in [4.69, 9.17) is 37.1 Å². The van der Waals surface area contributed by atoms with Gasteiger partial charge in [-0.15, -0.1) is 0 Å². The van der Waals surface area contributed by atoms with Gasteiger partial charge in [0, 0.05) is 31.8 Å². The minimum Gasteiger partial charge on any atom is -0.507 e. The van der Waals surface area contributed by atoms with E-state index in [9.17, 15) is 14.7 Å². The number of rotatable bonds is 7. The average Bonchev–Trinajstić information content (AvgIpc) is 3.29. The summed E-state index contributed by atoms with van der Waals surface area (Å²) in [6.07, 6.45) is 1.15. The maximum Gasteiger partial charge on any atom is 0.342 e. The van der Waals surface area contributed by atoms with Crippen LogP contribution in [0.15, 0.2) is 46.9 Å². The lowest BCUT2D eigenvalue weighted by atomic mass is 9.86. The van der Waals surface area contributed by atoms with Crippen LogP contribution in [0, 0.1) is 12.8 Å². The molecule has 3 aromatic carbocycles. The molecular weight excluding hydrogens is 553 g/mol. The van der Waals surface area contributed by atoms with E-state index in [-0.39, 0.29) is 29.8 Å². The molecule has 0 unspecified atom stereocenters. The third-order valence-electron chi connectivity index (χ3n) is 7.56. The molecule has 210 valence electrons. The van der Waals surface area contributed by atoms with Gasteiger partial charge in [0.15, 0.2) is 0 Å². The topological polar surface area (TPSA) is 89.2 Å². The molecule has 0 amide bonds. The van der Waals surface area contributed by atoms with Crippen LogP contribution in [0.1, 0.15) is 60.0 Å². The summed E-state index contributed by atoms with van der Waals surface area (Å²) in [7, 11) is 0. The van der Waals surface area contributed by atoms with E-state index in [1.54, 1.807) is 32.9 Å². The number of fused-ring (bicyclic) bond motifs is 3. The Hall–Kier alpha value is -3.26. The summed E-state index contributed by atoms with van der Waals surface area (Å²) >= 11 is 13.1. The van der Waals surface area contributed by atoms with Crippen LogP contribution >= 0.6 is 23.2 Å². The number of nitrogens with zero attached hydrogens (tertiary/aromatic N) is 1. The largest absolute Gasteiger partial charge is 0.507 e. The Balaban J connectivity index is 1.78. The number of carbonyl (C=O) groups excluding carboxylic acids is 2. The van der Waals surface area contributed by atoms with Gasteiger partial charge in [-0.25, -0.2) is 4.79 Å². The van der Waals surface area contributed by atoms with Gasteiger partial charge < -0.3 is 19.0 Å². The highest BCUT2D eigenvalue weighted by atomic mass is 35.5. The van der Waals surface area contributed by atoms with Crippen LogP contribution < -0.4 is 0 Å². The van der Waals surface area contributed by atoms with Gasteiger partial charge in [0.25, 0.3) is 0 Å².